The molecule has 0 aliphatic heterocycles. The average Bonchev–Trinajstić information content (AvgIpc) is 2.67. The molecule has 19 heavy (non-hydrogen) atoms. The second-order valence-corrected chi connectivity index (χ2v) is 4.30. The Hall–Kier alpha value is -2.50. The monoisotopic (exact) mass is 262 g/mol. The van der Waals surface area contributed by atoms with E-state index >= 15 is 0 Å². The van der Waals surface area contributed by atoms with Crippen molar-refractivity contribution in [3.63, 3.8) is 0 Å². The molecule has 100 valence electrons. The van der Waals surface area contributed by atoms with Crippen LogP contribution in [0.15, 0.2) is 30.5 Å². The van der Waals surface area contributed by atoms with Gasteiger partial charge in [-0.05, 0) is 12.5 Å². The van der Waals surface area contributed by atoms with Crippen LogP contribution in [0.2, 0.25) is 0 Å². The minimum atomic E-state index is -1.01. The van der Waals surface area contributed by atoms with Crippen molar-refractivity contribution < 1.29 is 19.8 Å². The van der Waals surface area contributed by atoms with Crippen molar-refractivity contribution in [2.75, 3.05) is 0 Å². The quantitative estimate of drug-likeness (QED) is 0.753. The van der Waals surface area contributed by atoms with Gasteiger partial charge in [-0.15, -0.1) is 0 Å². The number of carbonyl (C=O) groups is 2. The van der Waals surface area contributed by atoms with E-state index in [0.717, 1.165) is 5.39 Å². The zero-order chi connectivity index (χ0) is 14.0. The normalized spacial score (nSPS) is 12.4. The predicted octanol–water partition coefficient (Wildman–Crippen LogP) is 1.24. The summed E-state index contributed by atoms with van der Waals surface area (Å²) >= 11 is 0. The van der Waals surface area contributed by atoms with E-state index in [0.29, 0.717) is 5.39 Å². The van der Waals surface area contributed by atoms with Gasteiger partial charge in [0.2, 0.25) is 5.91 Å². The van der Waals surface area contributed by atoms with E-state index in [1.54, 1.807) is 24.4 Å². The summed E-state index contributed by atoms with van der Waals surface area (Å²) in [6.07, 6.45) is 1.45. The van der Waals surface area contributed by atoms with Crippen LogP contribution in [0.5, 0.6) is 5.88 Å². The third kappa shape index (κ3) is 2.52. The van der Waals surface area contributed by atoms with Gasteiger partial charge in [-0.3, -0.25) is 9.59 Å². The summed E-state index contributed by atoms with van der Waals surface area (Å²) in [5, 5.41) is 20.1. The Bertz CT molecular complexity index is 633. The summed E-state index contributed by atoms with van der Waals surface area (Å²) in [6, 6.07) is 6.21. The topological polar surface area (TPSA) is 106 Å². The molecular weight excluding hydrogens is 248 g/mol. The molecule has 0 fully saturated rings. The molecule has 0 radical (unpaired) electrons. The fraction of sp³-hybridized carbons (Fsp3) is 0.231. The Labute approximate surface area is 109 Å². The Balaban J connectivity index is 2.41. The molecule has 4 N–H and O–H groups in total. The number of amides is 1. The maximum atomic E-state index is 11.4. The molecule has 6 heteroatoms. The first-order valence-electron chi connectivity index (χ1n) is 5.80. The van der Waals surface area contributed by atoms with Crippen molar-refractivity contribution in [1.82, 2.24) is 4.57 Å². The number of carboxylic acid groups (broad SMARTS) is 1. The standard InChI is InChI=1S/C13H14N2O4/c14-12(18)10(5-6-11(16)17)15-7-8-3-1-2-4-9(8)13(15)19/h1-4,7,10,19H,5-6H2,(H2,14,18)(H,16,17). The van der Waals surface area contributed by atoms with Crippen LogP contribution >= 0.6 is 0 Å². The average molecular weight is 262 g/mol. The van der Waals surface area contributed by atoms with E-state index in [-0.39, 0.29) is 18.7 Å². The molecule has 0 saturated carbocycles. The molecule has 0 aliphatic rings. The molecule has 0 aliphatic carbocycles. The number of aliphatic carboxylic acids is 1. The zero-order valence-corrected chi connectivity index (χ0v) is 10.1. The largest absolute Gasteiger partial charge is 0.494 e. The van der Waals surface area contributed by atoms with E-state index in [4.69, 9.17) is 10.8 Å². The number of aromatic hydroxyl groups is 1. The van der Waals surface area contributed by atoms with E-state index < -0.39 is 17.9 Å². The van der Waals surface area contributed by atoms with Gasteiger partial charge in [0.15, 0.2) is 5.88 Å². The second kappa shape index (κ2) is 5.01. The van der Waals surface area contributed by atoms with Gasteiger partial charge in [-0.25, -0.2) is 0 Å². The molecular formula is C13H14N2O4. The lowest BCUT2D eigenvalue weighted by Crippen LogP contribution is -2.26. The summed E-state index contributed by atoms with van der Waals surface area (Å²) < 4.78 is 1.33. The van der Waals surface area contributed by atoms with Crippen molar-refractivity contribution in [2.45, 2.75) is 18.9 Å². The number of nitrogens with zero attached hydrogens (tertiary/aromatic N) is 1. The molecule has 6 nitrogen and oxygen atoms in total. The number of carbonyl (C=O) groups excluding carboxylic acids is 1. The summed E-state index contributed by atoms with van der Waals surface area (Å²) in [5.74, 6) is -1.76. The van der Waals surface area contributed by atoms with Crippen molar-refractivity contribution in [1.29, 1.82) is 0 Å². The first-order chi connectivity index (χ1) is 9.00. The van der Waals surface area contributed by atoms with Crippen LogP contribution in [0.3, 0.4) is 0 Å². The van der Waals surface area contributed by atoms with Crippen LogP contribution in [-0.2, 0) is 9.59 Å². The maximum absolute atomic E-state index is 11.4. The molecule has 0 saturated heterocycles. The molecule has 2 rings (SSSR count). The van der Waals surface area contributed by atoms with E-state index in [2.05, 4.69) is 0 Å². The molecule has 0 spiro atoms. The minimum absolute atomic E-state index is 0.0409. The van der Waals surface area contributed by atoms with Gasteiger partial charge in [0.25, 0.3) is 0 Å². The molecule has 1 aromatic carbocycles. The Morgan fingerprint density at radius 1 is 1.32 bits per heavy atom. The summed E-state index contributed by atoms with van der Waals surface area (Å²) in [6.45, 7) is 0. The molecule has 1 heterocycles. The molecule has 2 aromatic rings. The van der Waals surface area contributed by atoms with Crippen LogP contribution in [-0.4, -0.2) is 26.7 Å². The number of hydrogen-bond donors (Lipinski definition) is 3. The lowest BCUT2D eigenvalue weighted by molar-refractivity contribution is -0.137. The summed E-state index contributed by atoms with van der Waals surface area (Å²) in [4.78, 5) is 22.0. The minimum Gasteiger partial charge on any atom is -0.494 e. The highest BCUT2D eigenvalue weighted by molar-refractivity contribution is 5.89. The lowest BCUT2D eigenvalue weighted by Gasteiger charge is -2.15. The van der Waals surface area contributed by atoms with E-state index in [1.165, 1.54) is 4.57 Å². The smallest absolute Gasteiger partial charge is 0.303 e. The molecule has 0 bridgehead atoms. The fourth-order valence-electron chi connectivity index (χ4n) is 2.08. The van der Waals surface area contributed by atoms with E-state index in [1.807, 2.05) is 6.07 Å². The number of rotatable bonds is 5. The highest BCUT2D eigenvalue weighted by atomic mass is 16.4. The van der Waals surface area contributed by atoms with Gasteiger partial charge in [0.1, 0.15) is 6.04 Å². The Morgan fingerprint density at radius 3 is 2.58 bits per heavy atom. The number of hydrogen-bond acceptors (Lipinski definition) is 3. The zero-order valence-electron chi connectivity index (χ0n) is 10.1. The number of fused-ring (bicyclic) bond motifs is 1. The van der Waals surface area contributed by atoms with Gasteiger partial charge >= 0.3 is 5.97 Å². The highest BCUT2D eigenvalue weighted by Gasteiger charge is 2.22. The molecule has 1 amide bonds. The maximum Gasteiger partial charge on any atom is 0.303 e. The Kier molecular flexibility index (Phi) is 3.41. The van der Waals surface area contributed by atoms with Crippen molar-refractivity contribution in [3.05, 3.63) is 30.5 Å². The second-order valence-electron chi connectivity index (χ2n) is 4.30. The number of primary amides is 1. The number of nitrogens with two attached hydrogens (primary N) is 1. The summed E-state index contributed by atoms with van der Waals surface area (Å²) in [5.41, 5.74) is 5.28. The van der Waals surface area contributed by atoms with Gasteiger partial charge in [0, 0.05) is 23.4 Å². The van der Waals surface area contributed by atoms with E-state index in [9.17, 15) is 14.7 Å². The third-order valence-electron chi connectivity index (χ3n) is 3.02. The highest BCUT2D eigenvalue weighted by Crippen LogP contribution is 2.31. The van der Waals surface area contributed by atoms with Crippen molar-refractivity contribution in [3.8, 4) is 5.88 Å². The van der Waals surface area contributed by atoms with Crippen LogP contribution in [0.1, 0.15) is 18.9 Å². The molecule has 1 unspecified atom stereocenters. The SMILES string of the molecule is NC(=O)C(CCC(=O)O)n1cc2ccccc2c1O. The van der Waals surface area contributed by atoms with Crippen LogP contribution in [0, 0.1) is 0 Å². The predicted molar refractivity (Wildman–Crippen MR) is 68.7 cm³/mol. The number of aromatic nitrogens is 1. The van der Waals surface area contributed by atoms with Gasteiger partial charge in [0.05, 0.1) is 0 Å². The van der Waals surface area contributed by atoms with Crippen LogP contribution in [0.4, 0.5) is 0 Å². The first kappa shape index (κ1) is 12.9. The number of benzene rings is 1. The van der Waals surface area contributed by atoms with Gasteiger partial charge in [-0.2, -0.15) is 0 Å². The Morgan fingerprint density at radius 2 is 2.00 bits per heavy atom. The lowest BCUT2D eigenvalue weighted by atomic mass is 10.1. The van der Waals surface area contributed by atoms with Crippen molar-refractivity contribution >= 4 is 22.6 Å². The fourth-order valence-corrected chi connectivity index (χ4v) is 2.08. The van der Waals surface area contributed by atoms with Gasteiger partial charge in [-0.1, -0.05) is 18.2 Å². The van der Waals surface area contributed by atoms with Crippen LogP contribution < -0.4 is 5.73 Å². The number of carboxylic acids is 1. The van der Waals surface area contributed by atoms with Crippen molar-refractivity contribution in [2.24, 2.45) is 5.73 Å². The third-order valence-corrected chi connectivity index (χ3v) is 3.02. The van der Waals surface area contributed by atoms with Gasteiger partial charge < -0.3 is 20.5 Å². The summed E-state index contributed by atoms with van der Waals surface area (Å²) in [7, 11) is 0. The first-order valence-corrected chi connectivity index (χ1v) is 5.80. The molecule has 1 aromatic heterocycles. The van der Waals surface area contributed by atoms with Crippen LogP contribution in [0.25, 0.3) is 10.8 Å². The molecule has 1 atom stereocenters.